The molecule has 2 heterocycles. The quantitative estimate of drug-likeness (QED) is 0.671. The molecule has 1 aliphatic heterocycles. The number of nitrogens with one attached hydrogen (secondary N) is 2. The Balaban J connectivity index is 2.02. The summed E-state index contributed by atoms with van der Waals surface area (Å²) in [6.45, 7) is 1.45. The summed E-state index contributed by atoms with van der Waals surface area (Å²) >= 11 is 1.50. The molecule has 0 saturated carbocycles. The summed E-state index contributed by atoms with van der Waals surface area (Å²) in [5.74, 6) is -0.759. The lowest BCUT2D eigenvalue weighted by Crippen LogP contribution is -2.58. The van der Waals surface area contributed by atoms with Gasteiger partial charge in [0.2, 0.25) is 0 Å². The van der Waals surface area contributed by atoms with Gasteiger partial charge in [-0.15, -0.1) is 0 Å². The van der Waals surface area contributed by atoms with Gasteiger partial charge < -0.3 is 15.4 Å². The lowest BCUT2D eigenvalue weighted by atomic mass is 9.98. The van der Waals surface area contributed by atoms with Crippen molar-refractivity contribution in [2.75, 3.05) is 13.1 Å². The van der Waals surface area contributed by atoms with Gasteiger partial charge in [-0.2, -0.15) is 0 Å². The lowest BCUT2D eigenvalue weighted by molar-refractivity contribution is -0.138. The summed E-state index contributed by atoms with van der Waals surface area (Å²) in [5.41, 5.74) is 0. The van der Waals surface area contributed by atoms with Crippen LogP contribution in [0.3, 0.4) is 0 Å². The molecule has 6 heteroatoms. The predicted octanol–water partition coefficient (Wildman–Crippen LogP) is 0.318. The maximum absolute atomic E-state index is 10.7. The van der Waals surface area contributed by atoms with Crippen molar-refractivity contribution in [1.82, 2.24) is 15.3 Å². The van der Waals surface area contributed by atoms with Crippen molar-refractivity contribution in [2.45, 2.75) is 16.3 Å². The minimum absolute atomic E-state index is 0.172. The lowest BCUT2D eigenvalue weighted by Gasteiger charge is -2.40. The Hall–Kier alpha value is -1.01. The van der Waals surface area contributed by atoms with Gasteiger partial charge in [0.25, 0.3) is 0 Å². The van der Waals surface area contributed by atoms with E-state index in [9.17, 15) is 4.79 Å². The van der Waals surface area contributed by atoms with E-state index in [1.165, 1.54) is 11.8 Å². The number of nitrogens with zero attached hydrogens (tertiary/aromatic N) is 1. The molecule has 1 saturated heterocycles. The van der Waals surface area contributed by atoms with Crippen molar-refractivity contribution in [3.05, 3.63) is 12.4 Å². The number of rotatable bonds is 4. The highest BCUT2D eigenvalue weighted by atomic mass is 32.2. The normalized spacial score (nSPS) is 18.9. The van der Waals surface area contributed by atoms with Crippen molar-refractivity contribution in [3.63, 3.8) is 0 Å². The van der Waals surface area contributed by atoms with Crippen molar-refractivity contribution in [2.24, 2.45) is 0 Å². The fourth-order valence-electron chi connectivity index (χ4n) is 1.42. The molecular formula is C8H11N3O2S. The fraction of sp³-hybridized carbons (Fsp3) is 0.500. The molecule has 0 spiro atoms. The van der Waals surface area contributed by atoms with Crippen LogP contribution in [0.1, 0.15) is 6.42 Å². The number of hydrogen-bond donors (Lipinski definition) is 3. The van der Waals surface area contributed by atoms with Crippen LogP contribution in [-0.4, -0.2) is 38.9 Å². The first-order chi connectivity index (χ1) is 6.70. The Morgan fingerprint density at radius 1 is 1.71 bits per heavy atom. The topological polar surface area (TPSA) is 78.0 Å². The standard InChI is InChI=1S/C8H11N3O2S/c12-6(13)3-8(4-9-5-8)14-7-10-1-2-11-7/h1-2,9H,3-5H2,(H,10,11)(H,12,13). The summed E-state index contributed by atoms with van der Waals surface area (Å²) in [7, 11) is 0. The average molecular weight is 213 g/mol. The van der Waals surface area contributed by atoms with E-state index in [2.05, 4.69) is 15.3 Å². The molecule has 14 heavy (non-hydrogen) atoms. The van der Waals surface area contributed by atoms with E-state index < -0.39 is 5.97 Å². The predicted molar refractivity (Wildman–Crippen MR) is 52.3 cm³/mol. The number of imidazole rings is 1. The Kier molecular flexibility index (Phi) is 2.47. The largest absolute Gasteiger partial charge is 0.481 e. The molecular weight excluding hydrogens is 202 g/mol. The number of carboxylic acid groups (broad SMARTS) is 1. The van der Waals surface area contributed by atoms with Crippen LogP contribution in [0.25, 0.3) is 0 Å². The van der Waals surface area contributed by atoms with Gasteiger partial charge in [-0.25, -0.2) is 4.98 Å². The van der Waals surface area contributed by atoms with Crippen LogP contribution in [0.5, 0.6) is 0 Å². The van der Waals surface area contributed by atoms with E-state index in [0.717, 1.165) is 18.2 Å². The zero-order chi connectivity index (χ0) is 10.0. The first kappa shape index (κ1) is 9.54. The van der Waals surface area contributed by atoms with Crippen molar-refractivity contribution in [1.29, 1.82) is 0 Å². The van der Waals surface area contributed by atoms with Crippen LogP contribution in [0.15, 0.2) is 17.6 Å². The zero-order valence-electron chi connectivity index (χ0n) is 7.49. The first-order valence-corrected chi connectivity index (χ1v) is 5.13. The van der Waals surface area contributed by atoms with Gasteiger partial charge >= 0.3 is 5.97 Å². The zero-order valence-corrected chi connectivity index (χ0v) is 8.30. The number of carbonyl (C=O) groups is 1. The second-order valence-corrected chi connectivity index (χ2v) is 4.81. The second-order valence-electron chi connectivity index (χ2n) is 3.35. The Morgan fingerprint density at radius 2 is 2.50 bits per heavy atom. The fourth-order valence-corrected chi connectivity index (χ4v) is 2.62. The van der Waals surface area contributed by atoms with E-state index in [1.807, 2.05) is 0 Å². The van der Waals surface area contributed by atoms with E-state index in [1.54, 1.807) is 12.4 Å². The van der Waals surface area contributed by atoms with Gasteiger partial charge in [0.05, 0.1) is 11.2 Å². The molecule has 0 aromatic carbocycles. The van der Waals surface area contributed by atoms with Crippen molar-refractivity contribution in [3.8, 4) is 0 Å². The van der Waals surface area contributed by atoms with Crippen LogP contribution in [0, 0.1) is 0 Å². The molecule has 0 amide bonds. The van der Waals surface area contributed by atoms with Crippen LogP contribution in [-0.2, 0) is 4.79 Å². The minimum atomic E-state index is -0.759. The number of thioether (sulfide) groups is 1. The summed E-state index contributed by atoms with van der Waals surface area (Å²) in [6, 6.07) is 0. The van der Waals surface area contributed by atoms with Gasteiger partial charge in [-0.1, -0.05) is 11.8 Å². The van der Waals surface area contributed by atoms with E-state index in [-0.39, 0.29) is 11.2 Å². The number of carboxylic acids is 1. The third kappa shape index (κ3) is 1.91. The highest BCUT2D eigenvalue weighted by Crippen LogP contribution is 2.36. The molecule has 0 unspecified atom stereocenters. The van der Waals surface area contributed by atoms with Crippen molar-refractivity contribution < 1.29 is 9.90 Å². The van der Waals surface area contributed by atoms with E-state index >= 15 is 0 Å². The number of hydrogen-bond acceptors (Lipinski definition) is 4. The molecule has 1 aromatic heterocycles. The summed E-state index contributed by atoms with van der Waals surface area (Å²) in [4.78, 5) is 17.7. The second kappa shape index (κ2) is 3.62. The van der Waals surface area contributed by atoms with Gasteiger partial charge in [-0.05, 0) is 0 Å². The smallest absolute Gasteiger partial charge is 0.304 e. The molecule has 76 valence electrons. The highest BCUT2D eigenvalue weighted by Gasteiger charge is 2.40. The third-order valence-electron chi connectivity index (χ3n) is 2.15. The molecule has 0 atom stereocenters. The number of aliphatic carboxylic acids is 1. The Bertz CT molecular complexity index is 321. The Morgan fingerprint density at radius 3 is 2.93 bits per heavy atom. The molecule has 0 bridgehead atoms. The van der Waals surface area contributed by atoms with E-state index in [0.29, 0.717) is 0 Å². The Labute approximate surface area is 85.3 Å². The maximum atomic E-state index is 10.7. The van der Waals surface area contributed by atoms with Crippen LogP contribution >= 0.6 is 11.8 Å². The van der Waals surface area contributed by atoms with Crippen LogP contribution in [0.4, 0.5) is 0 Å². The highest BCUT2D eigenvalue weighted by molar-refractivity contribution is 8.00. The molecule has 3 N–H and O–H groups in total. The van der Waals surface area contributed by atoms with Gasteiger partial charge in [0.15, 0.2) is 5.16 Å². The van der Waals surface area contributed by atoms with Gasteiger partial charge in [-0.3, -0.25) is 4.79 Å². The summed E-state index contributed by atoms with van der Waals surface area (Å²) in [6.07, 6.45) is 3.58. The van der Waals surface area contributed by atoms with Crippen LogP contribution < -0.4 is 5.32 Å². The molecule has 1 aliphatic rings. The third-order valence-corrected chi connectivity index (χ3v) is 3.44. The van der Waals surface area contributed by atoms with Crippen molar-refractivity contribution >= 4 is 17.7 Å². The number of H-pyrrole nitrogens is 1. The first-order valence-electron chi connectivity index (χ1n) is 4.31. The molecule has 2 rings (SSSR count). The SMILES string of the molecule is O=C(O)CC1(Sc2ncc[nH]2)CNC1. The molecule has 5 nitrogen and oxygen atoms in total. The monoisotopic (exact) mass is 213 g/mol. The summed E-state index contributed by atoms with van der Waals surface area (Å²) in [5, 5.41) is 12.6. The van der Waals surface area contributed by atoms with Gasteiger partial charge in [0.1, 0.15) is 0 Å². The molecule has 1 fully saturated rings. The maximum Gasteiger partial charge on any atom is 0.304 e. The summed E-state index contributed by atoms with van der Waals surface area (Å²) < 4.78 is -0.219. The molecule has 1 aromatic rings. The number of aromatic amines is 1. The molecule has 0 radical (unpaired) electrons. The van der Waals surface area contributed by atoms with Gasteiger partial charge in [0, 0.05) is 25.5 Å². The molecule has 0 aliphatic carbocycles. The minimum Gasteiger partial charge on any atom is -0.481 e. The van der Waals surface area contributed by atoms with E-state index in [4.69, 9.17) is 5.11 Å². The average Bonchev–Trinajstić information content (AvgIpc) is 2.51. The number of aromatic nitrogens is 2. The van der Waals surface area contributed by atoms with Crippen LogP contribution in [0.2, 0.25) is 0 Å².